The first-order valence-corrected chi connectivity index (χ1v) is 11.1. The van der Waals surface area contributed by atoms with Gasteiger partial charge in [0, 0.05) is 52.7 Å². The lowest BCUT2D eigenvalue weighted by Gasteiger charge is -2.36. The van der Waals surface area contributed by atoms with Crippen LogP contribution in [-0.4, -0.2) is 49.1 Å². The van der Waals surface area contributed by atoms with Crippen LogP contribution < -0.4 is 10.2 Å². The summed E-state index contributed by atoms with van der Waals surface area (Å²) in [7, 11) is 0. The maximum absolute atomic E-state index is 12.7. The van der Waals surface area contributed by atoms with Gasteiger partial charge in [-0.1, -0.05) is 29.3 Å². The third kappa shape index (κ3) is 4.65. The molecule has 2 heterocycles. The van der Waals surface area contributed by atoms with E-state index in [1.807, 2.05) is 4.90 Å². The summed E-state index contributed by atoms with van der Waals surface area (Å²) in [4.78, 5) is 27.1. The molecule has 0 unspecified atom stereocenters. The molecule has 168 valence electrons. The number of halogens is 5. The number of nitrogens with one attached hydrogen (secondary N) is 1. The van der Waals surface area contributed by atoms with Gasteiger partial charge in [-0.2, -0.15) is 13.2 Å². The van der Waals surface area contributed by atoms with E-state index in [9.17, 15) is 22.8 Å². The molecule has 5 nitrogen and oxygen atoms in total. The molecular weight excluding hydrogens is 486 g/mol. The molecule has 1 fully saturated rings. The fourth-order valence-corrected chi connectivity index (χ4v) is 5.16. The molecule has 0 spiro atoms. The fraction of sp³-hybridized carbons (Fsp3) is 0.238. The lowest BCUT2D eigenvalue weighted by atomic mass is 10.2. The van der Waals surface area contributed by atoms with Crippen LogP contribution in [0.4, 0.5) is 24.5 Å². The molecule has 1 aliphatic heterocycles. The summed E-state index contributed by atoms with van der Waals surface area (Å²) in [5, 5.41) is 4.48. The van der Waals surface area contributed by atoms with E-state index in [0.717, 1.165) is 20.7 Å². The predicted octanol–water partition coefficient (Wildman–Crippen LogP) is 5.67. The van der Waals surface area contributed by atoms with Crippen LogP contribution in [0.2, 0.25) is 10.0 Å². The average molecular weight is 502 g/mol. The van der Waals surface area contributed by atoms with Crippen molar-refractivity contribution in [1.29, 1.82) is 0 Å². The summed E-state index contributed by atoms with van der Waals surface area (Å²) < 4.78 is 38.5. The number of fused-ring (bicyclic) bond motifs is 1. The van der Waals surface area contributed by atoms with E-state index >= 15 is 0 Å². The predicted molar refractivity (Wildman–Crippen MR) is 121 cm³/mol. The van der Waals surface area contributed by atoms with Crippen LogP contribution in [0.15, 0.2) is 42.5 Å². The van der Waals surface area contributed by atoms with Crippen molar-refractivity contribution in [3.8, 4) is 0 Å². The Kier molecular flexibility index (Phi) is 6.24. The highest BCUT2D eigenvalue weighted by Crippen LogP contribution is 2.37. The Bertz CT molecular complexity index is 1170. The van der Waals surface area contributed by atoms with E-state index in [4.69, 9.17) is 23.2 Å². The van der Waals surface area contributed by atoms with Crippen molar-refractivity contribution >= 4 is 67.8 Å². The molecule has 4 rings (SSSR count). The zero-order valence-electron chi connectivity index (χ0n) is 16.4. The van der Waals surface area contributed by atoms with Gasteiger partial charge in [0.25, 0.3) is 5.91 Å². The fourth-order valence-electron chi connectivity index (χ4n) is 3.48. The molecule has 0 atom stereocenters. The number of amides is 2. The summed E-state index contributed by atoms with van der Waals surface area (Å²) >= 11 is 13.6. The molecule has 1 aliphatic rings. The Morgan fingerprint density at radius 3 is 2.25 bits per heavy atom. The molecule has 3 aromatic rings. The maximum Gasteiger partial charge on any atom is 0.471 e. The van der Waals surface area contributed by atoms with Crippen LogP contribution in [0.25, 0.3) is 10.1 Å². The Balaban J connectivity index is 1.40. The third-order valence-corrected chi connectivity index (χ3v) is 6.99. The van der Waals surface area contributed by atoms with Crippen molar-refractivity contribution in [1.82, 2.24) is 4.90 Å². The zero-order chi connectivity index (χ0) is 23.0. The number of thiophene rings is 1. The lowest BCUT2D eigenvalue weighted by molar-refractivity contribution is -0.185. The van der Waals surface area contributed by atoms with Gasteiger partial charge in [-0.25, -0.2) is 0 Å². The van der Waals surface area contributed by atoms with Gasteiger partial charge in [-0.15, -0.1) is 11.3 Å². The summed E-state index contributed by atoms with van der Waals surface area (Å²) in [5.41, 5.74) is 1.34. The molecular formula is C21H16Cl2F3N3O2S. The van der Waals surface area contributed by atoms with Crippen molar-refractivity contribution in [2.75, 3.05) is 36.4 Å². The van der Waals surface area contributed by atoms with Gasteiger partial charge < -0.3 is 15.1 Å². The number of nitrogens with zero attached hydrogens (tertiary/aromatic N) is 2. The Morgan fingerprint density at radius 2 is 1.62 bits per heavy atom. The first-order valence-electron chi connectivity index (χ1n) is 9.53. The molecule has 0 aliphatic carbocycles. The number of anilines is 2. The van der Waals surface area contributed by atoms with Crippen molar-refractivity contribution < 1.29 is 22.8 Å². The molecule has 11 heteroatoms. The number of hydrogen-bond donors (Lipinski definition) is 1. The molecule has 0 bridgehead atoms. The molecule has 1 N–H and O–H groups in total. The number of alkyl halides is 3. The highest BCUT2D eigenvalue weighted by Gasteiger charge is 2.43. The van der Waals surface area contributed by atoms with Crippen molar-refractivity contribution in [3.63, 3.8) is 0 Å². The van der Waals surface area contributed by atoms with E-state index in [2.05, 4.69) is 5.32 Å². The number of carbonyl (C=O) groups is 2. The molecule has 1 saturated heterocycles. The van der Waals surface area contributed by atoms with Crippen LogP contribution >= 0.6 is 34.5 Å². The smallest absolute Gasteiger partial charge is 0.368 e. The Labute approximate surface area is 195 Å². The van der Waals surface area contributed by atoms with Gasteiger partial charge in [-0.3, -0.25) is 9.59 Å². The van der Waals surface area contributed by atoms with E-state index < -0.39 is 12.1 Å². The zero-order valence-corrected chi connectivity index (χ0v) is 18.7. The van der Waals surface area contributed by atoms with Crippen LogP contribution in [0.5, 0.6) is 0 Å². The van der Waals surface area contributed by atoms with E-state index in [1.54, 1.807) is 42.5 Å². The molecule has 0 saturated carbocycles. The Morgan fingerprint density at radius 1 is 0.969 bits per heavy atom. The van der Waals surface area contributed by atoms with Crippen molar-refractivity contribution in [2.45, 2.75) is 6.18 Å². The second kappa shape index (κ2) is 8.80. The van der Waals surface area contributed by atoms with E-state index in [0.29, 0.717) is 20.6 Å². The minimum absolute atomic E-state index is 0.00865. The van der Waals surface area contributed by atoms with Crippen LogP contribution in [-0.2, 0) is 4.79 Å². The SMILES string of the molecule is O=C(Nc1ccc(N2CCN(C(=O)C(F)(F)F)CC2)cc1)c1sc2cc(Cl)ccc2c1Cl. The normalized spacial score (nSPS) is 14.7. The largest absolute Gasteiger partial charge is 0.471 e. The molecule has 0 radical (unpaired) electrons. The van der Waals surface area contributed by atoms with Gasteiger partial charge in [0.1, 0.15) is 4.88 Å². The summed E-state index contributed by atoms with van der Waals surface area (Å²) in [6, 6.07) is 12.2. The number of carbonyl (C=O) groups excluding carboxylic acids is 2. The number of hydrogen-bond acceptors (Lipinski definition) is 4. The molecule has 32 heavy (non-hydrogen) atoms. The van der Waals surface area contributed by atoms with Crippen LogP contribution in [0.1, 0.15) is 9.67 Å². The summed E-state index contributed by atoms with van der Waals surface area (Å²) in [6.45, 7) is 0.553. The third-order valence-electron chi connectivity index (χ3n) is 5.10. The van der Waals surface area contributed by atoms with Gasteiger partial charge >= 0.3 is 12.1 Å². The first kappa shape index (κ1) is 22.7. The molecule has 2 aromatic carbocycles. The first-order chi connectivity index (χ1) is 15.1. The van der Waals surface area contributed by atoms with Gasteiger partial charge in [0.05, 0.1) is 5.02 Å². The maximum atomic E-state index is 12.7. The second-order valence-electron chi connectivity index (χ2n) is 7.16. The standard InChI is InChI=1S/C21H16Cl2F3N3O2S/c22-12-1-6-15-16(11-12)32-18(17(15)23)19(30)27-13-2-4-14(5-3-13)28-7-9-29(10-8-28)20(31)21(24,25)26/h1-6,11H,7-10H2,(H,27,30). The Hall–Kier alpha value is -2.49. The molecule has 2 amide bonds. The monoisotopic (exact) mass is 501 g/mol. The summed E-state index contributed by atoms with van der Waals surface area (Å²) in [6.07, 6.45) is -4.86. The second-order valence-corrected chi connectivity index (χ2v) is 9.03. The van der Waals surface area contributed by atoms with Crippen LogP contribution in [0.3, 0.4) is 0 Å². The number of benzene rings is 2. The number of rotatable bonds is 3. The van der Waals surface area contributed by atoms with E-state index in [1.165, 1.54) is 11.3 Å². The highest BCUT2D eigenvalue weighted by molar-refractivity contribution is 7.21. The van der Waals surface area contributed by atoms with Crippen molar-refractivity contribution in [2.24, 2.45) is 0 Å². The van der Waals surface area contributed by atoms with Gasteiger partial charge in [0.2, 0.25) is 0 Å². The van der Waals surface area contributed by atoms with Crippen LogP contribution in [0, 0.1) is 0 Å². The minimum atomic E-state index is -4.86. The van der Waals surface area contributed by atoms with Crippen molar-refractivity contribution in [3.05, 3.63) is 57.4 Å². The van der Waals surface area contributed by atoms with Gasteiger partial charge in [-0.05, 0) is 36.4 Å². The highest BCUT2D eigenvalue weighted by atomic mass is 35.5. The quantitative estimate of drug-likeness (QED) is 0.502. The average Bonchev–Trinajstić information content (AvgIpc) is 3.09. The minimum Gasteiger partial charge on any atom is -0.368 e. The van der Waals surface area contributed by atoms with E-state index in [-0.39, 0.29) is 32.1 Å². The molecule has 1 aromatic heterocycles. The van der Waals surface area contributed by atoms with Gasteiger partial charge in [0.15, 0.2) is 0 Å². The topological polar surface area (TPSA) is 52.7 Å². The lowest BCUT2D eigenvalue weighted by Crippen LogP contribution is -2.52. The number of piperazine rings is 1. The summed E-state index contributed by atoms with van der Waals surface area (Å²) in [5.74, 6) is -2.16.